The third-order valence-electron chi connectivity index (χ3n) is 7.09. The molecule has 0 aliphatic rings. The number of anilines is 1. The molecule has 0 bridgehead atoms. The molecule has 0 aliphatic heterocycles. The van der Waals surface area contributed by atoms with E-state index in [9.17, 15) is 18.0 Å². The Morgan fingerprint density at radius 1 is 0.909 bits per heavy atom. The lowest BCUT2D eigenvalue weighted by Gasteiger charge is -2.33. The number of hydrogen-bond donors (Lipinski definition) is 1. The van der Waals surface area contributed by atoms with Crippen LogP contribution < -0.4 is 19.1 Å². The van der Waals surface area contributed by atoms with E-state index >= 15 is 0 Å². The summed E-state index contributed by atoms with van der Waals surface area (Å²) in [6.45, 7) is 6.30. The summed E-state index contributed by atoms with van der Waals surface area (Å²) >= 11 is 1.50. The minimum absolute atomic E-state index is 0.0584. The number of unbranched alkanes of at least 4 members (excludes halogenated alkanes) is 1. The van der Waals surface area contributed by atoms with Crippen LogP contribution in [0.25, 0.3) is 0 Å². The lowest BCUT2D eigenvalue weighted by Crippen LogP contribution is -2.52. The predicted octanol–water partition coefficient (Wildman–Crippen LogP) is 5.73. The lowest BCUT2D eigenvalue weighted by atomic mass is 10.1. The second-order valence-corrected chi connectivity index (χ2v) is 12.8. The van der Waals surface area contributed by atoms with Crippen LogP contribution in [0, 0.1) is 0 Å². The SMILES string of the molecule is CCCCNC(=O)[C@H](CC)N(Cc1ccc(OC)cc1)C(=O)CN(c1ccc(OCC)cc1)S(=O)(=O)c1ccc(SC)cc1. The van der Waals surface area contributed by atoms with Crippen LogP contribution in [0.2, 0.25) is 0 Å². The first-order chi connectivity index (χ1) is 21.2. The Labute approximate surface area is 266 Å². The second kappa shape index (κ2) is 17.0. The molecule has 0 heterocycles. The van der Waals surface area contributed by atoms with Crippen LogP contribution in [-0.4, -0.2) is 64.2 Å². The van der Waals surface area contributed by atoms with E-state index in [2.05, 4.69) is 5.32 Å². The molecule has 0 radical (unpaired) electrons. The number of rotatable bonds is 17. The highest BCUT2D eigenvalue weighted by Gasteiger charge is 2.33. The van der Waals surface area contributed by atoms with Crippen molar-refractivity contribution in [2.75, 3.05) is 37.4 Å². The molecular formula is C33H43N3O6S2. The van der Waals surface area contributed by atoms with Crippen LogP contribution in [0.5, 0.6) is 11.5 Å². The zero-order chi connectivity index (χ0) is 32.1. The van der Waals surface area contributed by atoms with Crippen molar-refractivity contribution in [1.82, 2.24) is 10.2 Å². The van der Waals surface area contributed by atoms with Crippen molar-refractivity contribution in [3.63, 3.8) is 0 Å². The predicted molar refractivity (Wildman–Crippen MR) is 176 cm³/mol. The minimum Gasteiger partial charge on any atom is -0.497 e. The van der Waals surface area contributed by atoms with Crippen molar-refractivity contribution in [2.24, 2.45) is 0 Å². The summed E-state index contributed by atoms with van der Waals surface area (Å²) in [5.74, 6) is 0.471. The summed E-state index contributed by atoms with van der Waals surface area (Å²) in [4.78, 5) is 30.0. The number of ether oxygens (including phenoxy) is 2. The van der Waals surface area contributed by atoms with Gasteiger partial charge in [-0.1, -0.05) is 32.4 Å². The normalized spacial score (nSPS) is 11.8. The Bertz CT molecular complexity index is 1450. The summed E-state index contributed by atoms with van der Waals surface area (Å²) in [6.07, 6.45) is 3.99. The summed E-state index contributed by atoms with van der Waals surface area (Å²) in [5.41, 5.74) is 1.09. The molecule has 0 aromatic heterocycles. The van der Waals surface area contributed by atoms with Crippen LogP contribution in [0.4, 0.5) is 5.69 Å². The first-order valence-electron chi connectivity index (χ1n) is 14.8. The van der Waals surface area contributed by atoms with Gasteiger partial charge in [-0.2, -0.15) is 0 Å². The molecule has 238 valence electrons. The molecule has 0 aliphatic carbocycles. The fourth-order valence-electron chi connectivity index (χ4n) is 4.63. The van der Waals surface area contributed by atoms with Crippen molar-refractivity contribution >= 4 is 39.3 Å². The van der Waals surface area contributed by atoms with E-state index in [1.54, 1.807) is 67.8 Å². The van der Waals surface area contributed by atoms with E-state index < -0.39 is 28.5 Å². The number of hydrogen-bond acceptors (Lipinski definition) is 7. The van der Waals surface area contributed by atoms with Crippen molar-refractivity contribution in [2.45, 2.75) is 62.4 Å². The Morgan fingerprint density at radius 2 is 1.55 bits per heavy atom. The van der Waals surface area contributed by atoms with E-state index in [1.165, 1.54) is 16.7 Å². The van der Waals surface area contributed by atoms with Crippen molar-refractivity contribution in [1.29, 1.82) is 0 Å². The van der Waals surface area contributed by atoms with Gasteiger partial charge in [-0.25, -0.2) is 8.42 Å². The maximum absolute atomic E-state index is 14.2. The molecule has 1 atom stereocenters. The number of thioether (sulfide) groups is 1. The van der Waals surface area contributed by atoms with E-state index in [0.717, 1.165) is 27.6 Å². The van der Waals surface area contributed by atoms with Crippen molar-refractivity contribution < 1.29 is 27.5 Å². The maximum atomic E-state index is 14.2. The summed E-state index contributed by atoms with van der Waals surface area (Å²) in [7, 11) is -2.59. The van der Waals surface area contributed by atoms with Gasteiger partial charge in [0, 0.05) is 18.0 Å². The van der Waals surface area contributed by atoms with Gasteiger partial charge in [0.2, 0.25) is 11.8 Å². The summed E-state index contributed by atoms with van der Waals surface area (Å²) in [6, 6.07) is 19.6. The summed E-state index contributed by atoms with van der Waals surface area (Å²) in [5, 5.41) is 2.94. The third kappa shape index (κ3) is 9.15. The Balaban J connectivity index is 2.04. The topological polar surface area (TPSA) is 105 Å². The largest absolute Gasteiger partial charge is 0.497 e. The number of carbonyl (C=O) groups is 2. The number of nitrogens with zero attached hydrogens (tertiary/aromatic N) is 2. The molecule has 0 saturated heterocycles. The number of benzene rings is 3. The average Bonchev–Trinajstić information content (AvgIpc) is 3.04. The fourth-order valence-corrected chi connectivity index (χ4v) is 6.45. The van der Waals surface area contributed by atoms with Gasteiger partial charge in [0.05, 0.1) is 24.3 Å². The number of amides is 2. The van der Waals surface area contributed by atoms with Crippen LogP contribution >= 0.6 is 11.8 Å². The molecule has 0 unspecified atom stereocenters. The number of carbonyl (C=O) groups excluding carboxylic acids is 2. The van der Waals surface area contributed by atoms with Gasteiger partial charge >= 0.3 is 0 Å². The number of methoxy groups -OCH3 is 1. The van der Waals surface area contributed by atoms with Crippen molar-refractivity contribution in [3.05, 3.63) is 78.4 Å². The maximum Gasteiger partial charge on any atom is 0.264 e. The molecule has 44 heavy (non-hydrogen) atoms. The Kier molecular flexibility index (Phi) is 13.4. The van der Waals surface area contributed by atoms with Crippen LogP contribution in [0.15, 0.2) is 82.6 Å². The Hall–Kier alpha value is -3.70. The highest BCUT2D eigenvalue weighted by molar-refractivity contribution is 7.98. The van der Waals surface area contributed by atoms with Gasteiger partial charge in [0.1, 0.15) is 24.1 Å². The molecule has 0 fully saturated rings. The second-order valence-electron chi connectivity index (χ2n) is 10.1. The minimum atomic E-state index is -4.17. The molecule has 0 saturated carbocycles. The first kappa shape index (κ1) is 34.8. The Morgan fingerprint density at radius 3 is 2.09 bits per heavy atom. The molecule has 11 heteroatoms. The van der Waals surface area contributed by atoms with E-state index in [1.807, 2.05) is 39.2 Å². The average molecular weight is 642 g/mol. The van der Waals surface area contributed by atoms with Gasteiger partial charge < -0.3 is 19.7 Å². The highest BCUT2D eigenvalue weighted by Crippen LogP contribution is 2.28. The standard InChI is InChI=1S/C33H43N3O6S2/c1-6-9-22-34-33(38)31(7-2)35(23-25-10-14-27(41-4)15-11-25)32(37)24-36(26-12-16-28(17-13-26)42-8-3)44(39,40)30-20-18-29(43-5)19-21-30/h10-21,31H,6-9,22-24H2,1-5H3,(H,34,38)/t31-/m0/s1. The highest BCUT2D eigenvalue weighted by atomic mass is 32.2. The molecule has 2 amide bonds. The van der Waals surface area contributed by atoms with Gasteiger partial charge in [-0.05, 0) is 92.2 Å². The smallest absolute Gasteiger partial charge is 0.264 e. The van der Waals surface area contributed by atoms with Crippen molar-refractivity contribution in [3.8, 4) is 11.5 Å². The van der Waals surface area contributed by atoms with Gasteiger partial charge in [-0.3, -0.25) is 13.9 Å². The zero-order valence-electron chi connectivity index (χ0n) is 26.1. The van der Waals surface area contributed by atoms with Crippen LogP contribution in [-0.2, 0) is 26.2 Å². The molecule has 3 aromatic rings. The van der Waals surface area contributed by atoms with Gasteiger partial charge in [0.25, 0.3) is 10.0 Å². The molecule has 1 N–H and O–H groups in total. The molecule has 9 nitrogen and oxygen atoms in total. The molecule has 3 aromatic carbocycles. The van der Waals surface area contributed by atoms with Gasteiger partial charge in [0.15, 0.2) is 0 Å². The van der Waals surface area contributed by atoms with E-state index in [4.69, 9.17) is 9.47 Å². The molecule has 3 rings (SSSR count). The lowest BCUT2D eigenvalue weighted by molar-refractivity contribution is -0.140. The van der Waals surface area contributed by atoms with Crippen LogP contribution in [0.3, 0.4) is 0 Å². The molecule has 0 spiro atoms. The number of sulfonamides is 1. The van der Waals surface area contributed by atoms with Gasteiger partial charge in [-0.15, -0.1) is 11.8 Å². The third-order valence-corrected chi connectivity index (χ3v) is 9.62. The fraction of sp³-hybridized carbons (Fsp3) is 0.394. The van der Waals surface area contributed by atoms with E-state index in [0.29, 0.717) is 36.8 Å². The summed E-state index contributed by atoms with van der Waals surface area (Å²) < 4.78 is 40.1. The van der Waals surface area contributed by atoms with E-state index in [-0.39, 0.29) is 17.3 Å². The zero-order valence-corrected chi connectivity index (χ0v) is 27.7. The monoisotopic (exact) mass is 641 g/mol. The van der Waals surface area contributed by atoms with Crippen LogP contribution in [0.1, 0.15) is 45.6 Å². The molecular weight excluding hydrogens is 599 g/mol. The quantitative estimate of drug-likeness (QED) is 0.148. The number of nitrogens with one attached hydrogen (secondary N) is 1. The first-order valence-corrected chi connectivity index (χ1v) is 17.4.